The van der Waals surface area contributed by atoms with Gasteiger partial charge in [-0.1, -0.05) is 187 Å². The number of Topliss-reactive ketones (excluding diaryl/α,β-unsaturated/α-hetero) is 6. The number of amides is 4. The van der Waals surface area contributed by atoms with Crippen LogP contribution in [0.4, 0.5) is 0 Å². The third kappa shape index (κ3) is 39.9. The molecule has 0 spiro atoms. The zero-order chi connectivity index (χ0) is 88.4. The minimum atomic E-state index is -0.638. The van der Waals surface area contributed by atoms with Crippen LogP contribution in [0.5, 0.6) is 0 Å². The Hall–Kier alpha value is -4.92. The first-order valence-electron chi connectivity index (χ1n) is 43.9. The highest BCUT2D eigenvalue weighted by molar-refractivity contribution is 6.10. The first-order chi connectivity index (χ1) is 52.4. The van der Waals surface area contributed by atoms with E-state index in [1.807, 2.05) is 104 Å². The second-order valence-corrected chi connectivity index (χ2v) is 45.0. The van der Waals surface area contributed by atoms with Gasteiger partial charge < -0.3 is 28.4 Å². The minimum Gasteiger partial charge on any atom is -0.428 e. The fourth-order valence-electron chi connectivity index (χ4n) is 15.6. The molecule has 115 heavy (non-hydrogen) atoms. The van der Waals surface area contributed by atoms with Crippen molar-refractivity contribution < 1.29 is 86.0 Å². The van der Waals surface area contributed by atoms with Crippen LogP contribution in [-0.4, -0.2) is 153 Å². The van der Waals surface area contributed by atoms with Gasteiger partial charge in [0.1, 0.15) is 34.7 Å². The molecule has 2 aliphatic heterocycles. The van der Waals surface area contributed by atoms with Crippen molar-refractivity contribution in [3.63, 3.8) is 0 Å². The zero-order valence-electron chi connectivity index (χ0n) is 78.4. The van der Waals surface area contributed by atoms with Crippen molar-refractivity contribution in [3.05, 3.63) is 0 Å². The molecule has 0 aromatic carbocycles. The Morgan fingerprint density at radius 2 is 0.739 bits per heavy atom. The van der Waals surface area contributed by atoms with Gasteiger partial charge in [-0.15, -0.1) is 0 Å². The Kier molecular flexibility index (Phi) is 42.6. The number of ketones is 6. The number of carbonyl (C=O) groups is 12. The molecule has 0 bridgehead atoms. The summed E-state index contributed by atoms with van der Waals surface area (Å²) in [6.07, 6.45) is 18.1. The predicted octanol–water partition coefficient (Wildman–Crippen LogP) is 19.5. The van der Waals surface area contributed by atoms with Crippen LogP contribution in [0.15, 0.2) is 0 Å². The normalized spacial score (nSPS) is 23.6. The van der Waals surface area contributed by atoms with Gasteiger partial charge in [-0.05, 0) is 175 Å². The Labute approximate surface area is 697 Å². The topological polar surface area (TPSA) is 267 Å². The number of imide groups is 2. The van der Waals surface area contributed by atoms with Crippen molar-refractivity contribution >= 4 is 70.3 Å². The molecule has 6 aliphatic rings. The highest BCUT2D eigenvalue weighted by Crippen LogP contribution is 2.45. The zero-order valence-corrected chi connectivity index (χ0v) is 78.4. The summed E-state index contributed by atoms with van der Waals surface area (Å²) in [5, 5.41) is 0. The highest BCUT2D eigenvalue weighted by atomic mass is 16.7. The first kappa shape index (κ1) is 106. The van der Waals surface area contributed by atoms with E-state index in [-0.39, 0.29) is 139 Å². The van der Waals surface area contributed by atoms with Gasteiger partial charge in [-0.3, -0.25) is 67.3 Å². The van der Waals surface area contributed by atoms with E-state index >= 15 is 0 Å². The Morgan fingerprint density at radius 3 is 1.10 bits per heavy atom. The number of hydrogen-bond donors (Lipinski definition) is 0. The van der Waals surface area contributed by atoms with Gasteiger partial charge in [-0.25, -0.2) is 0 Å². The summed E-state index contributed by atoms with van der Waals surface area (Å²) in [4.78, 5) is 149. The lowest BCUT2D eigenvalue weighted by molar-refractivity contribution is -0.176. The Morgan fingerprint density at radius 1 is 0.365 bits per heavy atom. The third-order valence-electron chi connectivity index (χ3n) is 23.4. The van der Waals surface area contributed by atoms with Gasteiger partial charge in [0.05, 0.1) is 68.7 Å². The molecule has 4 unspecified atom stereocenters. The number of ether oxygens (including phenoxy) is 6. The molecule has 2 saturated heterocycles. The molecular weight excluding hydrogens is 1460 g/mol. The summed E-state index contributed by atoms with van der Waals surface area (Å²) >= 11 is 0. The molecule has 0 aromatic rings. The number of carbonyl (C=O) groups excluding carboxylic acids is 12. The number of esters is 2. The molecule has 6 rings (SSSR count). The van der Waals surface area contributed by atoms with Crippen molar-refractivity contribution in [2.75, 3.05) is 72.7 Å². The lowest BCUT2D eigenvalue weighted by atomic mass is 9.70. The molecule has 4 atom stereocenters. The lowest BCUT2D eigenvalue weighted by Crippen LogP contribution is -2.38. The van der Waals surface area contributed by atoms with Gasteiger partial charge >= 0.3 is 11.9 Å². The summed E-state index contributed by atoms with van der Waals surface area (Å²) in [7, 11) is 0. The van der Waals surface area contributed by atoms with E-state index in [0.29, 0.717) is 151 Å². The summed E-state index contributed by atoms with van der Waals surface area (Å²) < 4.78 is 31.9. The molecule has 2 heterocycles. The molecule has 20 heteroatoms. The molecule has 20 nitrogen and oxygen atoms in total. The quantitative estimate of drug-likeness (QED) is 0.0221. The van der Waals surface area contributed by atoms with E-state index in [4.69, 9.17) is 28.4 Å². The number of likely N-dealkylation sites (tertiary alicyclic amines) is 2. The van der Waals surface area contributed by atoms with E-state index in [9.17, 15) is 57.5 Å². The molecule has 4 amide bonds. The molecule has 4 saturated carbocycles. The van der Waals surface area contributed by atoms with Crippen molar-refractivity contribution in [1.29, 1.82) is 0 Å². The molecule has 6 fully saturated rings. The number of rotatable bonds is 29. The molecule has 4 aliphatic carbocycles. The average molecular weight is 1620 g/mol. The van der Waals surface area contributed by atoms with E-state index in [1.165, 1.54) is 29.1 Å². The molecule has 0 radical (unpaired) electrons. The number of hydrogen-bond acceptors (Lipinski definition) is 18. The summed E-state index contributed by atoms with van der Waals surface area (Å²) in [6.45, 7) is 65.4. The average Bonchev–Trinajstić information content (AvgIpc) is 1.56. The van der Waals surface area contributed by atoms with Crippen molar-refractivity contribution in [1.82, 2.24) is 9.80 Å². The van der Waals surface area contributed by atoms with Gasteiger partial charge in [0, 0.05) is 97.9 Å². The van der Waals surface area contributed by atoms with Crippen LogP contribution >= 0.6 is 0 Å². The van der Waals surface area contributed by atoms with Crippen molar-refractivity contribution in [2.24, 2.45) is 113 Å². The van der Waals surface area contributed by atoms with Crippen LogP contribution < -0.4 is 0 Å². The lowest BCUT2D eigenvalue weighted by Gasteiger charge is -2.34. The largest absolute Gasteiger partial charge is 0.428 e. The number of nitrogens with zero attached hydrogens (tertiary/aromatic N) is 2. The third-order valence-corrected chi connectivity index (χ3v) is 23.4. The van der Waals surface area contributed by atoms with Crippen LogP contribution in [0, 0.1) is 113 Å². The van der Waals surface area contributed by atoms with Crippen LogP contribution in [-0.2, 0) is 86.0 Å². The monoisotopic (exact) mass is 1620 g/mol. The first-order valence-corrected chi connectivity index (χ1v) is 43.9. The van der Waals surface area contributed by atoms with Crippen LogP contribution in [0.25, 0.3) is 0 Å². The smallest absolute Gasteiger partial charge is 0.314 e. The van der Waals surface area contributed by atoms with Gasteiger partial charge in [-0.2, -0.15) is 0 Å². The minimum absolute atomic E-state index is 0.0651. The second-order valence-electron chi connectivity index (χ2n) is 45.0. The van der Waals surface area contributed by atoms with Crippen LogP contribution in [0.2, 0.25) is 0 Å². The molecule has 0 aromatic heterocycles. The molecular formula is C95H166N2O18. The van der Waals surface area contributed by atoms with E-state index < -0.39 is 11.4 Å². The van der Waals surface area contributed by atoms with E-state index in [1.54, 1.807) is 20.8 Å². The van der Waals surface area contributed by atoms with Crippen LogP contribution in [0.3, 0.4) is 0 Å². The second kappa shape index (κ2) is 46.2. The SMILES string of the molecule is CC(C)(C)C(=O)C1CCC(CC2C(=O)CC(C(C)(C)C)C2=O)CC1.CC(C)(C)C(=O)CCCOCCOCCN1C(=O)CC(C(C)(C)C)C1=O.CC(C)(C)C(=O)OCOC(=O)C1CCC(CN2C(=O)CC(C(C)(C)C)C2=O)CC1.CC(C)(C)CC1CCC(C(=O)C(C)(C)C)CC1.CC(C)(C)CCOCCOCCCC(=O)C(C)(C)C. The van der Waals surface area contributed by atoms with Gasteiger partial charge in [0.2, 0.25) is 30.4 Å². The van der Waals surface area contributed by atoms with E-state index in [0.717, 1.165) is 76.7 Å². The maximum absolute atomic E-state index is 12.7. The summed E-state index contributed by atoms with van der Waals surface area (Å²) in [6, 6.07) is 0. The fourth-order valence-corrected chi connectivity index (χ4v) is 15.6. The molecule has 0 N–H and O–H groups in total. The van der Waals surface area contributed by atoms with Crippen LogP contribution in [0.1, 0.15) is 349 Å². The Bertz CT molecular complexity index is 3100. The summed E-state index contributed by atoms with van der Waals surface area (Å²) in [5.74, 6) is 1.34. The van der Waals surface area contributed by atoms with Gasteiger partial charge in [0.15, 0.2) is 0 Å². The fraction of sp³-hybridized carbons (Fsp3) is 0.874. The Balaban J connectivity index is 0.000000494. The predicted molar refractivity (Wildman–Crippen MR) is 455 cm³/mol. The summed E-state index contributed by atoms with van der Waals surface area (Å²) in [5.41, 5.74) is -1.37. The van der Waals surface area contributed by atoms with Crippen molar-refractivity contribution in [3.8, 4) is 0 Å². The standard InChI is InChI=1S/C22H35NO6.C21H34O3.C20H35NO5.C16H32O3.C16H30O/c1-21(2,3)16-11-17(24)23(18(16)25)12-14-7-9-15(10-8-14)19(26)28-13-29-20(27)22(4,5)6;1-20(2,3)16-12-17(22)15(18(16)23)11-13-7-9-14(10-8-13)19(24)21(4,5)6;1-19(2,3)15-14-17(23)21(18(15)24)9-11-26-13-12-25-10-7-8-16(22)20(4,5)6;1-15(2,3)9-11-19-13-12-18-10-7-8-14(17)16(4,5)6;1-15(2,3)11-12-7-9-13(10-8-12)14(17)16(4,5)6/h14-16H,7-13H2,1-6H3;13-16H,7-12H2,1-6H3;15H,7-14H2,1-6H3;7-13H2,1-6H3;12-13H,7-11H2,1-6H3. The molecule has 664 valence electrons. The maximum atomic E-state index is 12.7. The van der Waals surface area contributed by atoms with Crippen molar-refractivity contribution in [2.45, 2.75) is 349 Å². The van der Waals surface area contributed by atoms with Gasteiger partial charge in [0.25, 0.3) is 0 Å². The highest BCUT2D eigenvalue weighted by Gasteiger charge is 2.49. The maximum Gasteiger partial charge on any atom is 0.314 e. The van der Waals surface area contributed by atoms with E-state index in [2.05, 4.69) is 83.1 Å².